The number of hydrogen-bond acceptors (Lipinski definition) is 4. The van der Waals surface area contributed by atoms with Crippen molar-refractivity contribution in [1.82, 2.24) is 10.3 Å². The summed E-state index contributed by atoms with van der Waals surface area (Å²) in [5.74, 6) is -1.03. The van der Waals surface area contributed by atoms with Crippen molar-refractivity contribution >= 4 is 23.6 Å². The number of pyridine rings is 1. The molecule has 1 amide bonds. The minimum atomic E-state index is -1.01. The maximum Gasteiger partial charge on any atom is 0.337 e. The van der Waals surface area contributed by atoms with E-state index < -0.39 is 5.97 Å². The molecule has 1 aromatic heterocycles. The van der Waals surface area contributed by atoms with Crippen molar-refractivity contribution in [2.24, 2.45) is 0 Å². The third-order valence-corrected chi connectivity index (χ3v) is 3.81. The lowest BCUT2D eigenvalue weighted by molar-refractivity contribution is -0.120. The Morgan fingerprint density at radius 2 is 2.10 bits per heavy atom. The standard InChI is InChI=1S/C14H20N2O3S/c1-4-5-9(2)16-13(17)10(3)20-12-7-6-11(8-15-12)14(18)19/h6-10H,4-5H2,1-3H3,(H,16,17)(H,18,19). The van der Waals surface area contributed by atoms with Crippen molar-refractivity contribution < 1.29 is 14.7 Å². The zero-order valence-corrected chi connectivity index (χ0v) is 12.7. The Bertz CT molecular complexity index is 462. The predicted molar refractivity (Wildman–Crippen MR) is 79.0 cm³/mol. The van der Waals surface area contributed by atoms with Gasteiger partial charge in [-0.2, -0.15) is 0 Å². The summed E-state index contributed by atoms with van der Waals surface area (Å²) < 4.78 is 0. The highest BCUT2D eigenvalue weighted by Crippen LogP contribution is 2.21. The number of nitrogens with one attached hydrogen (secondary N) is 1. The average molecular weight is 296 g/mol. The van der Waals surface area contributed by atoms with Crippen LogP contribution in [0.3, 0.4) is 0 Å². The first-order valence-electron chi connectivity index (χ1n) is 6.60. The van der Waals surface area contributed by atoms with Gasteiger partial charge in [0, 0.05) is 12.2 Å². The molecule has 110 valence electrons. The summed E-state index contributed by atoms with van der Waals surface area (Å²) in [4.78, 5) is 26.7. The number of aromatic nitrogens is 1. The van der Waals surface area contributed by atoms with Gasteiger partial charge < -0.3 is 10.4 Å². The summed E-state index contributed by atoms with van der Waals surface area (Å²) in [6, 6.07) is 3.27. The SMILES string of the molecule is CCCC(C)NC(=O)C(C)Sc1ccc(C(=O)O)cn1. The number of aromatic carboxylic acids is 1. The lowest BCUT2D eigenvalue weighted by Gasteiger charge is -2.16. The van der Waals surface area contributed by atoms with E-state index in [4.69, 9.17) is 5.11 Å². The fraction of sp³-hybridized carbons (Fsp3) is 0.500. The molecule has 0 fully saturated rings. The normalized spacial score (nSPS) is 13.6. The first-order valence-corrected chi connectivity index (χ1v) is 7.48. The Hall–Kier alpha value is -1.56. The van der Waals surface area contributed by atoms with E-state index in [0.717, 1.165) is 12.8 Å². The Labute approximate surface area is 123 Å². The third kappa shape index (κ3) is 5.21. The van der Waals surface area contributed by atoms with Crippen LogP contribution in [0.15, 0.2) is 23.4 Å². The first kappa shape index (κ1) is 16.5. The van der Waals surface area contributed by atoms with Gasteiger partial charge in [0.05, 0.1) is 15.8 Å². The summed E-state index contributed by atoms with van der Waals surface area (Å²) in [6.45, 7) is 5.87. The minimum Gasteiger partial charge on any atom is -0.478 e. The van der Waals surface area contributed by atoms with Crippen LogP contribution in [-0.2, 0) is 4.79 Å². The number of thioether (sulfide) groups is 1. The molecule has 2 unspecified atom stereocenters. The fourth-order valence-corrected chi connectivity index (χ4v) is 2.47. The number of carbonyl (C=O) groups is 2. The van der Waals surface area contributed by atoms with E-state index >= 15 is 0 Å². The van der Waals surface area contributed by atoms with Crippen LogP contribution in [0.4, 0.5) is 0 Å². The van der Waals surface area contributed by atoms with Gasteiger partial charge in [0.2, 0.25) is 5.91 Å². The van der Waals surface area contributed by atoms with E-state index in [2.05, 4.69) is 17.2 Å². The van der Waals surface area contributed by atoms with E-state index in [1.165, 1.54) is 24.0 Å². The summed E-state index contributed by atoms with van der Waals surface area (Å²) in [5, 5.41) is 12.1. The van der Waals surface area contributed by atoms with Crippen LogP contribution < -0.4 is 5.32 Å². The lowest BCUT2D eigenvalue weighted by Crippen LogP contribution is -2.37. The maximum atomic E-state index is 12.0. The van der Waals surface area contributed by atoms with E-state index in [9.17, 15) is 9.59 Å². The van der Waals surface area contributed by atoms with Crippen molar-refractivity contribution in [3.05, 3.63) is 23.9 Å². The zero-order chi connectivity index (χ0) is 15.1. The van der Waals surface area contributed by atoms with Crippen molar-refractivity contribution in [3.63, 3.8) is 0 Å². The Morgan fingerprint density at radius 3 is 2.60 bits per heavy atom. The van der Waals surface area contributed by atoms with Gasteiger partial charge in [-0.15, -0.1) is 0 Å². The van der Waals surface area contributed by atoms with Crippen LogP contribution in [0.25, 0.3) is 0 Å². The molecular weight excluding hydrogens is 276 g/mol. The second-order valence-electron chi connectivity index (χ2n) is 4.65. The number of amides is 1. The molecule has 2 N–H and O–H groups in total. The number of rotatable bonds is 7. The third-order valence-electron chi connectivity index (χ3n) is 2.76. The van der Waals surface area contributed by atoms with Crippen LogP contribution in [0.2, 0.25) is 0 Å². The van der Waals surface area contributed by atoms with Crippen molar-refractivity contribution in [2.45, 2.75) is 49.9 Å². The first-order chi connectivity index (χ1) is 9.43. The number of carboxylic acid groups (broad SMARTS) is 1. The molecule has 0 bridgehead atoms. The molecule has 0 saturated carbocycles. The van der Waals surface area contributed by atoms with Crippen molar-refractivity contribution in [2.75, 3.05) is 0 Å². The number of carboxylic acids is 1. The van der Waals surface area contributed by atoms with Gasteiger partial charge in [-0.1, -0.05) is 25.1 Å². The maximum absolute atomic E-state index is 12.0. The Balaban J connectivity index is 2.54. The molecule has 0 spiro atoms. The van der Waals surface area contributed by atoms with Gasteiger partial charge in [0.1, 0.15) is 0 Å². The van der Waals surface area contributed by atoms with Crippen LogP contribution >= 0.6 is 11.8 Å². The molecule has 0 aliphatic heterocycles. The molecule has 20 heavy (non-hydrogen) atoms. The van der Waals surface area contributed by atoms with E-state index in [1.807, 2.05) is 13.8 Å². The second-order valence-corrected chi connectivity index (χ2v) is 6.01. The number of carbonyl (C=O) groups excluding carboxylic acids is 1. The van der Waals surface area contributed by atoms with Crippen molar-refractivity contribution in [1.29, 1.82) is 0 Å². The summed E-state index contributed by atoms with van der Waals surface area (Å²) >= 11 is 1.32. The van der Waals surface area contributed by atoms with Crippen LogP contribution in [0.1, 0.15) is 44.0 Å². The molecule has 0 aliphatic rings. The number of hydrogen-bond donors (Lipinski definition) is 2. The molecule has 1 rings (SSSR count). The Morgan fingerprint density at radius 1 is 1.40 bits per heavy atom. The van der Waals surface area contributed by atoms with Crippen LogP contribution in [-0.4, -0.2) is 33.3 Å². The van der Waals surface area contributed by atoms with Crippen LogP contribution in [0.5, 0.6) is 0 Å². The van der Waals surface area contributed by atoms with Gasteiger partial charge in [-0.25, -0.2) is 9.78 Å². The highest BCUT2D eigenvalue weighted by atomic mass is 32.2. The molecule has 0 aliphatic carbocycles. The number of nitrogens with zero attached hydrogens (tertiary/aromatic N) is 1. The fourth-order valence-electron chi connectivity index (χ4n) is 1.68. The quantitative estimate of drug-likeness (QED) is 0.756. The molecule has 0 radical (unpaired) electrons. The highest BCUT2D eigenvalue weighted by Gasteiger charge is 2.17. The topological polar surface area (TPSA) is 79.3 Å². The summed E-state index contributed by atoms with van der Waals surface area (Å²) in [7, 11) is 0. The average Bonchev–Trinajstić information content (AvgIpc) is 2.39. The molecule has 5 nitrogen and oxygen atoms in total. The molecule has 0 saturated heterocycles. The second kappa shape index (κ2) is 7.89. The molecule has 0 aromatic carbocycles. The monoisotopic (exact) mass is 296 g/mol. The van der Waals surface area contributed by atoms with Crippen LogP contribution in [0, 0.1) is 0 Å². The lowest BCUT2D eigenvalue weighted by atomic mass is 10.2. The predicted octanol–water partition coefficient (Wildman–Crippen LogP) is 2.57. The largest absolute Gasteiger partial charge is 0.478 e. The van der Waals surface area contributed by atoms with E-state index in [1.54, 1.807) is 6.07 Å². The smallest absolute Gasteiger partial charge is 0.337 e. The summed E-state index contributed by atoms with van der Waals surface area (Å²) in [6.07, 6.45) is 3.28. The van der Waals surface area contributed by atoms with Gasteiger partial charge in [0.25, 0.3) is 0 Å². The Kier molecular flexibility index (Phi) is 6.51. The molecule has 1 heterocycles. The van der Waals surface area contributed by atoms with Gasteiger partial charge in [-0.05, 0) is 32.4 Å². The van der Waals surface area contributed by atoms with Gasteiger partial charge in [0.15, 0.2) is 0 Å². The van der Waals surface area contributed by atoms with Gasteiger partial charge >= 0.3 is 5.97 Å². The van der Waals surface area contributed by atoms with E-state index in [-0.39, 0.29) is 22.8 Å². The molecule has 6 heteroatoms. The van der Waals surface area contributed by atoms with E-state index in [0.29, 0.717) is 5.03 Å². The highest BCUT2D eigenvalue weighted by molar-refractivity contribution is 8.00. The van der Waals surface area contributed by atoms with Crippen molar-refractivity contribution in [3.8, 4) is 0 Å². The zero-order valence-electron chi connectivity index (χ0n) is 11.9. The minimum absolute atomic E-state index is 0.0277. The summed E-state index contributed by atoms with van der Waals surface area (Å²) in [5.41, 5.74) is 0.142. The van der Waals surface area contributed by atoms with Gasteiger partial charge in [-0.3, -0.25) is 4.79 Å². The molecular formula is C14H20N2O3S. The molecule has 1 aromatic rings. The molecule has 2 atom stereocenters.